The Kier molecular flexibility index (Phi) is 6.49. The number of benzene rings is 3. The summed E-state index contributed by atoms with van der Waals surface area (Å²) in [5.41, 5.74) is 1.63. The Hall–Kier alpha value is -4.22. The summed E-state index contributed by atoms with van der Waals surface area (Å²) < 4.78 is 16.9. The molecule has 3 aromatic rings. The van der Waals surface area contributed by atoms with Gasteiger partial charge in [-0.3, -0.25) is 0 Å². The molecule has 0 heterocycles. The first-order chi connectivity index (χ1) is 14.2. The number of nitriles is 2. The first-order valence-corrected chi connectivity index (χ1v) is 8.87. The largest absolute Gasteiger partial charge is 0.494 e. The minimum Gasteiger partial charge on any atom is -0.494 e. The van der Waals surface area contributed by atoms with E-state index in [1.807, 2.05) is 66.7 Å². The van der Waals surface area contributed by atoms with Crippen molar-refractivity contribution in [1.82, 2.24) is 0 Å². The van der Waals surface area contributed by atoms with Gasteiger partial charge in [0.25, 0.3) is 0 Å². The molecular formula is C24H18N2O3. The van der Waals surface area contributed by atoms with Gasteiger partial charge in [-0.05, 0) is 42.0 Å². The van der Waals surface area contributed by atoms with Gasteiger partial charge in [-0.25, -0.2) is 0 Å². The summed E-state index contributed by atoms with van der Waals surface area (Å²) in [5.74, 6) is 2.19. The van der Waals surface area contributed by atoms with Crippen LogP contribution in [0, 0.1) is 22.7 Å². The molecule has 0 bridgehead atoms. The topological polar surface area (TPSA) is 75.3 Å². The summed E-state index contributed by atoms with van der Waals surface area (Å²) in [4.78, 5) is 0. The van der Waals surface area contributed by atoms with Crippen molar-refractivity contribution in [2.45, 2.75) is 6.61 Å². The summed E-state index contributed by atoms with van der Waals surface area (Å²) in [6, 6.07) is 28.0. The molecule has 29 heavy (non-hydrogen) atoms. The maximum Gasteiger partial charge on any atom is 0.172 e. The number of rotatable bonds is 7. The van der Waals surface area contributed by atoms with Crippen LogP contribution in [-0.2, 0) is 11.3 Å². The predicted molar refractivity (Wildman–Crippen MR) is 109 cm³/mol. The number of methoxy groups -OCH3 is 1. The van der Waals surface area contributed by atoms with Crippen molar-refractivity contribution < 1.29 is 14.2 Å². The van der Waals surface area contributed by atoms with E-state index >= 15 is 0 Å². The summed E-state index contributed by atoms with van der Waals surface area (Å²) >= 11 is 0. The number of nitrogens with zero attached hydrogens (tertiary/aromatic N) is 2. The molecule has 0 fully saturated rings. The van der Waals surface area contributed by atoms with Gasteiger partial charge in [0.15, 0.2) is 11.3 Å². The van der Waals surface area contributed by atoms with Gasteiger partial charge in [0.1, 0.15) is 36.0 Å². The maximum absolute atomic E-state index is 9.03. The molecule has 0 amide bonds. The zero-order valence-corrected chi connectivity index (χ0v) is 15.8. The van der Waals surface area contributed by atoms with Gasteiger partial charge in [0, 0.05) is 11.6 Å². The minimum absolute atomic E-state index is 0.0792. The molecule has 0 spiro atoms. The molecule has 0 aliphatic carbocycles. The zero-order chi connectivity index (χ0) is 20.5. The van der Waals surface area contributed by atoms with Crippen molar-refractivity contribution in [3.63, 3.8) is 0 Å². The van der Waals surface area contributed by atoms with E-state index in [1.54, 1.807) is 24.3 Å². The maximum atomic E-state index is 9.03. The molecule has 0 aromatic heterocycles. The smallest absolute Gasteiger partial charge is 0.172 e. The first-order valence-electron chi connectivity index (χ1n) is 8.87. The molecule has 0 saturated heterocycles. The van der Waals surface area contributed by atoms with Gasteiger partial charge >= 0.3 is 0 Å². The Morgan fingerprint density at radius 2 is 1.48 bits per heavy atom. The number of hydrogen-bond donors (Lipinski definition) is 0. The molecule has 0 N–H and O–H groups in total. The molecule has 0 atom stereocenters. The second kappa shape index (κ2) is 9.64. The lowest BCUT2D eigenvalue weighted by atomic mass is 10.1. The van der Waals surface area contributed by atoms with Crippen LogP contribution in [0.2, 0.25) is 0 Å². The van der Waals surface area contributed by atoms with E-state index in [9.17, 15) is 0 Å². The van der Waals surface area contributed by atoms with E-state index in [0.717, 1.165) is 5.56 Å². The van der Waals surface area contributed by atoms with Gasteiger partial charge in [0.05, 0.1) is 7.11 Å². The third-order valence-electron chi connectivity index (χ3n) is 4.06. The van der Waals surface area contributed by atoms with Gasteiger partial charge < -0.3 is 14.2 Å². The second-order valence-corrected chi connectivity index (χ2v) is 6.01. The summed E-state index contributed by atoms with van der Waals surface area (Å²) in [6.07, 6.45) is 0. The highest BCUT2D eigenvalue weighted by Crippen LogP contribution is 2.28. The third kappa shape index (κ3) is 5.15. The molecule has 5 nitrogen and oxygen atoms in total. The Labute approximate surface area is 169 Å². The molecule has 0 radical (unpaired) electrons. The first kappa shape index (κ1) is 19.5. The van der Waals surface area contributed by atoms with Crippen LogP contribution < -0.4 is 9.47 Å². The van der Waals surface area contributed by atoms with E-state index in [0.29, 0.717) is 29.4 Å². The van der Waals surface area contributed by atoms with E-state index in [2.05, 4.69) is 0 Å². The van der Waals surface area contributed by atoms with Crippen LogP contribution in [0.3, 0.4) is 0 Å². The van der Waals surface area contributed by atoms with Crippen molar-refractivity contribution in [2.24, 2.45) is 0 Å². The van der Waals surface area contributed by atoms with Crippen molar-refractivity contribution >= 4 is 5.76 Å². The monoisotopic (exact) mass is 382 g/mol. The van der Waals surface area contributed by atoms with Crippen LogP contribution in [0.4, 0.5) is 0 Å². The molecule has 3 aromatic carbocycles. The van der Waals surface area contributed by atoms with Crippen molar-refractivity contribution in [2.75, 3.05) is 7.11 Å². The van der Waals surface area contributed by atoms with Gasteiger partial charge in [-0.2, -0.15) is 10.5 Å². The quantitative estimate of drug-likeness (QED) is 0.400. The predicted octanol–water partition coefficient (Wildman–Crippen LogP) is 5.46. The standard InChI is InChI=1S/C24H18N2O3/c1-27-24(20(15-25)16-26)19-10-12-21(13-11-19)29-23-9-5-8-22(14-23)28-17-18-6-3-2-4-7-18/h2-14H,17H2,1H3. The average Bonchev–Trinajstić information content (AvgIpc) is 2.78. The Bertz CT molecular complexity index is 1060. The normalized spacial score (nSPS) is 9.62. The highest BCUT2D eigenvalue weighted by Gasteiger charge is 2.10. The second-order valence-electron chi connectivity index (χ2n) is 6.01. The van der Waals surface area contributed by atoms with Gasteiger partial charge in [0.2, 0.25) is 0 Å². The van der Waals surface area contributed by atoms with E-state index in [4.69, 9.17) is 24.7 Å². The highest BCUT2D eigenvalue weighted by molar-refractivity contribution is 5.70. The van der Waals surface area contributed by atoms with Gasteiger partial charge in [-0.15, -0.1) is 0 Å². The number of ether oxygens (including phenoxy) is 3. The molecule has 3 rings (SSSR count). The zero-order valence-electron chi connectivity index (χ0n) is 15.8. The summed E-state index contributed by atoms with van der Waals surface area (Å²) in [6.45, 7) is 0.477. The lowest BCUT2D eigenvalue weighted by molar-refractivity contribution is 0.304. The van der Waals surface area contributed by atoms with Crippen LogP contribution in [0.1, 0.15) is 11.1 Å². The Morgan fingerprint density at radius 1 is 0.793 bits per heavy atom. The van der Waals surface area contributed by atoms with E-state index < -0.39 is 0 Å². The highest BCUT2D eigenvalue weighted by atomic mass is 16.5. The van der Waals surface area contributed by atoms with E-state index in [-0.39, 0.29) is 11.3 Å². The van der Waals surface area contributed by atoms with Crippen LogP contribution in [-0.4, -0.2) is 7.11 Å². The lowest BCUT2D eigenvalue weighted by Crippen LogP contribution is -1.95. The Balaban J connectivity index is 1.70. The van der Waals surface area contributed by atoms with Crippen molar-refractivity contribution in [1.29, 1.82) is 10.5 Å². The van der Waals surface area contributed by atoms with Crippen LogP contribution in [0.15, 0.2) is 84.4 Å². The van der Waals surface area contributed by atoms with Crippen molar-refractivity contribution in [3.8, 4) is 29.4 Å². The van der Waals surface area contributed by atoms with Gasteiger partial charge in [-0.1, -0.05) is 36.4 Å². The fourth-order valence-electron chi connectivity index (χ4n) is 2.67. The lowest BCUT2D eigenvalue weighted by Gasteiger charge is -2.11. The van der Waals surface area contributed by atoms with Crippen LogP contribution in [0.25, 0.3) is 5.76 Å². The Morgan fingerprint density at radius 3 is 2.14 bits per heavy atom. The average molecular weight is 382 g/mol. The number of allylic oxidation sites excluding steroid dienone is 1. The summed E-state index contributed by atoms with van der Waals surface area (Å²) in [5, 5.41) is 18.1. The molecule has 0 aliphatic heterocycles. The van der Waals surface area contributed by atoms with Crippen LogP contribution in [0.5, 0.6) is 17.2 Å². The van der Waals surface area contributed by atoms with Crippen LogP contribution >= 0.6 is 0 Å². The molecule has 0 unspecified atom stereocenters. The minimum atomic E-state index is -0.0792. The van der Waals surface area contributed by atoms with Crippen molar-refractivity contribution in [3.05, 3.63) is 95.6 Å². The fourth-order valence-corrected chi connectivity index (χ4v) is 2.67. The molecule has 0 aliphatic rings. The molecule has 5 heteroatoms. The fraction of sp³-hybridized carbons (Fsp3) is 0.0833. The third-order valence-corrected chi connectivity index (χ3v) is 4.06. The molecule has 0 saturated carbocycles. The molecular weight excluding hydrogens is 364 g/mol. The SMILES string of the molecule is COC(=C(C#N)C#N)c1ccc(Oc2cccc(OCc3ccccc3)c2)cc1. The van der Waals surface area contributed by atoms with E-state index in [1.165, 1.54) is 7.11 Å². The molecule has 142 valence electrons. The number of hydrogen-bond acceptors (Lipinski definition) is 5. The summed E-state index contributed by atoms with van der Waals surface area (Å²) in [7, 11) is 1.43.